The molecule has 0 atom stereocenters. The maximum Gasteiger partial charge on any atom is 0.253 e. The molecule has 0 aliphatic carbocycles. The summed E-state index contributed by atoms with van der Waals surface area (Å²) >= 11 is 0. The van der Waals surface area contributed by atoms with E-state index in [-0.39, 0.29) is 11.7 Å². The summed E-state index contributed by atoms with van der Waals surface area (Å²) in [6, 6.07) is 6.31. The molecule has 0 bridgehead atoms. The number of fused-ring (bicyclic) bond motifs is 1. The summed E-state index contributed by atoms with van der Waals surface area (Å²) in [5.74, 6) is 0.462. The number of aryl methyl sites for hydroxylation is 2. The summed E-state index contributed by atoms with van der Waals surface area (Å²) in [4.78, 5) is 19.6. The Morgan fingerprint density at radius 1 is 1.39 bits per heavy atom. The molecule has 0 aliphatic heterocycles. The molecule has 2 aromatic heterocycles. The molecule has 0 saturated carbocycles. The summed E-state index contributed by atoms with van der Waals surface area (Å²) in [5.41, 5.74) is 3.10. The normalized spacial score (nSPS) is 11.1. The van der Waals surface area contributed by atoms with Gasteiger partial charge in [0.25, 0.3) is 5.91 Å². The Hall–Kier alpha value is -2.63. The number of amides is 1. The number of imidazole rings is 1. The number of nitrogens with one attached hydrogen (secondary N) is 2. The van der Waals surface area contributed by atoms with Crippen LogP contribution in [0.3, 0.4) is 0 Å². The minimum Gasteiger partial charge on any atom is -0.354 e. The minimum atomic E-state index is -0.279. The van der Waals surface area contributed by atoms with Gasteiger partial charge < -0.3 is 14.9 Å². The number of carbonyl (C=O) groups excluding carboxylic acids is 1. The van der Waals surface area contributed by atoms with E-state index in [2.05, 4.69) is 15.3 Å². The van der Waals surface area contributed by atoms with Crippen LogP contribution in [0.2, 0.25) is 0 Å². The highest BCUT2D eigenvalue weighted by Gasteiger charge is 2.10. The first-order valence-corrected chi connectivity index (χ1v) is 7.59. The zero-order valence-electron chi connectivity index (χ0n) is 13.2. The zero-order chi connectivity index (χ0) is 16.4. The van der Waals surface area contributed by atoms with Crippen molar-refractivity contribution in [1.82, 2.24) is 19.9 Å². The minimum absolute atomic E-state index is 0.0604. The maximum atomic E-state index is 13.1. The third-order valence-electron chi connectivity index (χ3n) is 4.00. The van der Waals surface area contributed by atoms with E-state index in [1.54, 1.807) is 6.07 Å². The second-order valence-electron chi connectivity index (χ2n) is 5.63. The first-order valence-electron chi connectivity index (χ1n) is 7.59. The molecule has 0 aliphatic rings. The topological polar surface area (TPSA) is 62.7 Å². The largest absolute Gasteiger partial charge is 0.354 e. The SMILES string of the molecule is Cc1c(C(=O)NCCCc2nc3ccc(F)cc3[nH]2)ccn1C. The predicted octanol–water partition coefficient (Wildman–Crippen LogP) is 2.71. The number of benzene rings is 1. The van der Waals surface area contributed by atoms with E-state index in [0.29, 0.717) is 24.0 Å². The van der Waals surface area contributed by atoms with Gasteiger partial charge >= 0.3 is 0 Å². The second kappa shape index (κ2) is 6.24. The standard InChI is InChI=1S/C17H19FN4O/c1-11-13(7-9-22(11)2)17(23)19-8-3-4-16-20-14-6-5-12(18)10-15(14)21-16/h5-7,9-10H,3-4,8H2,1-2H3,(H,19,23)(H,20,21). The number of rotatable bonds is 5. The van der Waals surface area contributed by atoms with Gasteiger partial charge in [-0.15, -0.1) is 0 Å². The van der Waals surface area contributed by atoms with Gasteiger partial charge in [0.15, 0.2) is 0 Å². The van der Waals surface area contributed by atoms with Crippen LogP contribution in [0, 0.1) is 12.7 Å². The van der Waals surface area contributed by atoms with E-state index in [0.717, 1.165) is 23.5 Å². The Morgan fingerprint density at radius 2 is 2.22 bits per heavy atom. The van der Waals surface area contributed by atoms with Crippen molar-refractivity contribution in [2.24, 2.45) is 7.05 Å². The van der Waals surface area contributed by atoms with Crippen LogP contribution in [0.25, 0.3) is 11.0 Å². The smallest absolute Gasteiger partial charge is 0.253 e. The summed E-state index contributed by atoms with van der Waals surface area (Å²) in [6.45, 7) is 2.49. The van der Waals surface area contributed by atoms with Crippen LogP contribution in [-0.4, -0.2) is 27.0 Å². The first-order chi connectivity index (χ1) is 11.0. The monoisotopic (exact) mass is 314 g/mol. The fourth-order valence-electron chi connectivity index (χ4n) is 2.55. The van der Waals surface area contributed by atoms with Crippen molar-refractivity contribution in [1.29, 1.82) is 0 Å². The van der Waals surface area contributed by atoms with Crippen molar-refractivity contribution >= 4 is 16.9 Å². The van der Waals surface area contributed by atoms with Crippen LogP contribution < -0.4 is 5.32 Å². The Balaban J connectivity index is 1.52. The van der Waals surface area contributed by atoms with Crippen molar-refractivity contribution in [3.05, 3.63) is 53.4 Å². The molecular formula is C17H19FN4O. The summed E-state index contributed by atoms with van der Waals surface area (Å²) in [5, 5.41) is 2.91. The molecule has 6 heteroatoms. The van der Waals surface area contributed by atoms with E-state index >= 15 is 0 Å². The molecule has 3 aromatic rings. The molecule has 1 amide bonds. The number of H-pyrrole nitrogens is 1. The lowest BCUT2D eigenvalue weighted by molar-refractivity contribution is 0.0952. The Kier molecular flexibility index (Phi) is 4.14. The number of carbonyl (C=O) groups is 1. The molecule has 3 rings (SSSR count). The number of aromatic amines is 1. The van der Waals surface area contributed by atoms with Crippen molar-refractivity contribution in [3.8, 4) is 0 Å². The number of aromatic nitrogens is 3. The molecule has 2 N–H and O–H groups in total. The number of hydrogen-bond donors (Lipinski definition) is 2. The van der Waals surface area contributed by atoms with Gasteiger partial charge in [-0.1, -0.05) is 0 Å². The van der Waals surface area contributed by atoms with Crippen molar-refractivity contribution in [3.63, 3.8) is 0 Å². The van der Waals surface area contributed by atoms with Gasteiger partial charge in [-0.05, 0) is 37.6 Å². The van der Waals surface area contributed by atoms with Crippen LogP contribution in [0.1, 0.15) is 28.3 Å². The van der Waals surface area contributed by atoms with Crippen LogP contribution in [-0.2, 0) is 13.5 Å². The molecule has 2 heterocycles. The van der Waals surface area contributed by atoms with Crippen LogP contribution in [0.4, 0.5) is 4.39 Å². The fraction of sp³-hybridized carbons (Fsp3) is 0.294. The average molecular weight is 314 g/mol. The van der Waals surface area contributed by atoms with E-state index < -0.39 is 0 Å². The van der Waals surface area contributed by atoms with Gasteiger partial charge in [-0.3, -0.25) is 4.79 Å². The predicted molar refractivity (Wildman–Crippen MR) is 86.9 cm³/mol. The third kappa shape index (κ3) is 3.26. The molecule has 23 heavy (non-hydrogen) atoms. The highest BCUT2D eigenvalue weighted by molar-refractivity contribution is 5.95. The van der Waals surface area contributed by atoms with E-state index in [1.165, 1.54) is 12.1 Å². The van der Waals surface area contributed by atoms with Crippen LogP contribution in [0.5, 0.6) is 0 Å². The van der Waals surface area contributed by atoms with E-state index in [4.69, 9.17) is 0 Å². The highest BCUT2D eigenvalue weighted by atomic mass is 19.1. The molecule has 0 fully saturated rings. The second-order valence-corrected chi connectivity index (χ2v) is 5.63. The molecule has 120 valence electrons. The zero-order valence-corrected chi connectivity index (χ0v) is 13.2. The fourth-order valence-corrected chi connectivity index (χ4v) is 2.55. The highest BCUT2D eigenvalue weighted by Crippen LogP contribution is 2.13. The van der Waals surface area contributed by atoms with Crippen molar-refractivity contribution in [2.45, 2.75) is 19.8 Å². The lowest BCUT2D eigenvalue weighted by Gasteiger charge is -2.05. The Labute approximate surface area is 133 Å². The average Bonchev–Trinajstić information content (AvgIpc) is 3.07. The molecule has 0 radical (unpaired) electrons. The summed E-state index contributed by atoms with van der Waals surface area (Å²) in [6.07, 6.45) is 3.34. The Bertz CT molecular complexity index is 850. The number of nitrogens with zero attached hydrogens (tertiary/aromatic N) is 2. The first kappa shape index (κ1) is 15.3. The molecule has 0 saturated heterocycles. The molecule has 1 aromatic carbocycles. The van der Waals surface area contributed by atoms with Gasteiger partial charge in [-0.25, -0.2) is 9.37 Å². The molecule has 0 unspecified atom stereocenters. The lowest BCUT2D eigenvalue weighted by atomic mass is 10.2. The van der Waals surface area contributed by atoms with Crippen LogP contribution >= 0.6 is 0 Å². The molecule has 5 nitrogen and oxygen atoms in total. The van der Waals surface area contributed by atoms with E-state index in [1.807, 2.05) is 30.8 Å². The van der Waals surface area contributed by atoms with Crippen molar-refractivity contribution < 1.29 is 9.18 Å². The maximum absolute atomic E-state index is 13.1. The molecule has 0 spiro atoms. The van der Waals surface area contributed by atoms with Gasteiger partial charge in [0, 0.05) is 31.9 Å². The van der Waals surface area contributed by atoms with Gasteiger partial charge in [-0.2, -0.15) is 0 Å². The molecular weight excluding hydrogens is 295 g/mol. The lowest BCUT2D eigenvalue weighted by Crippen LogP contribution is -2.25. The van der Waals surface area contributed by atoms with Gasteiger partial charge in [0.05, 0.1) is 16.6 Å². The Morgan fingerprint density at radius 3 is 2.96 bits per heavy atom. The van der Waals surface area contributed by atoms with Gasteiger partial charge in [0.2, 0.25) is 0 Å². The van der Waals surface area contributed by atoms with Crippen molar-refractivity contribution in [2.75, 3.05) is 6.54 Å². The third-order valence-corrected chi connectivity index (χ3v) is 4.00. The van der Waals surface area contributed by atoms with E-state index in [9.17, 15) is 9.18 Å². The van der Waals surface area contributed by atoms with Gasteiger partial charge in [0.1, 0.15) is 11.6 Å². The number of halogens is 1. The van der Waals surface area contributed by atoms with Crippen LogP contribution in [0.15, 0.2) is 30.5 Å². The summed E-state index contributed by atoms with van der Waals surface area (Å²) < 4.78 is 15.1. The number of hydrogen-bond acceptors (Lipinski definition) is 2. The summed E-state index contributed by atoms with van der Waals surface area (Å²) in [7, 11) is 1.91. The quantitative estimate of drug-likeness (QED) is 0.711.